The Kier molecular flexibility index (Phi) is 7.37. The molecule has 0 amide bonds. The van der Waals surface area contributed by atoms with E-state index in [0.717, 1.165) is 57.4 Å². The van der Waals surface area contributed by atoms with Crippen LogP contribution in [0.25, 0.3) is 75.9 Å². The molecule has 12 rings (SSSR count). The lowest BCUT2D eigenvalue weighted by Crippen LogP contribution is -2.45. The van der Waals surface area contributed by atoms with Gasteiger partial charge in [0.05, 0.1) is 5.52 Å². The Morgan fingerprint density at radius 2 is 1.39 bits per heavy atom. The van der Waals surface area contributed by atoms with Crippen molar-refractivity contribution in [1.29, 1.82) is 0 Å². The number of hydrogen-bond acceptors (Lipinski definition) is 5. The first kappa shape index (κ1) is 32.5. The number of hydrogen-bond donors (Lipinski definition) is 2. The molecule has 2 atom stereocenters. The monoisotopic (exact) mass is 752 g/mol. The Labute approximate surface area is 333 Å². The molecular weight excluding hydrogens is 717 g/mol. The molecule has 0 saturated heterocycles. The molecule has 2 N–H and O–H groups in total. The minimum absolute atomic E-state index is 0.102. The molecule has 5 nitrogen and oxygen atoms in total. The van der Waals surface area contributed by atoms with E-state index in [9.17, 15) is 0 Å². The van der Waals surface area contributed by atoms with Crippen molar-refractivity contribution >= 4 is 76.3 Å². The van der Waals surface area contributed by atoms with Gasteiger partial charge >= 0.3 is 0 Å². The fourth-order valence-corrected chi connectivity index (χ4v) is 10.4. The lowest BCUT2D eigenvalue weighted by Gasteiger charge is -2.32. The minimum atomic E-state index is -0.196. The SMILES string of the molecule is C1=Cc2c(c3ccccc3n2-c2ccc3oc4ccc(-c5cccc6c5sc5cccc(C7=NC(c8ccccc8)NC(c8ccccc8)N7)c56)cc4c3c2)CC1. The molecule has 0 saturated carbocycles. The zero-order chi connectivity index (χ0) is 37.5. The maximum absolute atomic E-state index is 6.47. The van der Waals surface area contributed by atoms with E-state index in [1.54, 1.807) is 0 Å². The summed E-state index contributed by atoms with van der Waals surface area (Å²) in [5.41, 5.74) is 12.7. The number of amidine groups is 1. The average molecular weight is 753 g/mol. The summed E-state index contributed by atoms with van der Waals surface area (Å²) < 4.78 is 11.4. The van der Waals surface area contributed by atoms with Gasteiger partial charge in [-0.1, -0.05) is 121 Å². The van der Waals surface area contributed by atoms with Crippen molar-refractivity contribution in [3.05, 3.63) is 192 Å². The second-order valence-electron chi connectivity index (χ2n) is 15.1. The van der Waals surface area contributed by atoms with Crippen molar-refractivity contribution in [2.75, 3.05) is 0 Å². The topological polar surface area (TPSA) is 54.5 Å². The van der Waals surface area contributed by atoms with Gasteiger partial charge in [-0.05, 0) is 89.2 Å². The van der Waals surface area contributed by atoms with Crippen LogP contribution in [0.15, 0.2) is 173 Å². The maximum Gasteiger partial charge on any atom is 0.135 e. The quantitative estimate of drug-likeness (QED) is 0.184. The molecule has 10 aromatic rings. The van der Waals surface area contributed by atoms with Crippen molar-refractivity contribution in [3.8, 4) is 16.8 Å². The van der Waals surface area contributed by atoms with Gasteiger partial charge in [0.1, 0.15) is 29.3 Å². The highest BCUT2D eigenvalue weighted by molar-refractivity contribution is 7.26. The zero-order valence-electron chi connectivity index (χ0n) is 30.9. The Morgan fingerprint density at radius 1 is 0.649 bits per heavy atom. The number of aliphatic imine (C=N–C) groups is 1. The van der Waals surface area contributed by atoms with Crippen LogP contribution < -0.4 is 10.6 Å². The summed E-state index contributed by atoms with van der Waals surface area (Å²) in [5, 5.41) is 13.6. The molecule has 4 heterocycles. The third-order valence-electron chi connectivity index (χ3n) is 11.8. The van der Waals surface area contributed by atoms with Crippen molar-refractivity contribution in [2.45, 2.75) is 25.2 Å². The summed E-state index contributed by atoms with van der Waals surface area (Å²) in [6.45, 7) is 0. The van der Waals surface area contributed by atoms with Gasteiger partial charge in [-0.3, -0.25) is 5.32 Å². The number of nitrogens with one attached hydrogen (secondary N) is 2. The molecule has 0 spiro atoms. The smallest absolute Gasteiger partial charge is 0.135 e. The number of rotatable bonds is 5. The summed E-state index contributed by atoms with van der Waals surface area (Å²) in [6.07, 6.45) is 6.44. The van der Waals surface area contributed by atoms with Crippen LogP contribution in [0.5, 0.6) is 0 Å². The van der Waals surface area contributed by atoms with Crippen molar-refractivity contribution in [3.63, 3.8) is 0 Å². The molecular formula is C51H36N4OS. The summed E-state index contributed by atoms with van der Waals surface area (Å²) in [7, 11) is 0. The number of benzene rings is 7. The minimum Gasteiger partial charge on any atom is -0.456 e. The summed E-state index contributed by atoms with van der Waals surface area (Å²) in [6, 6.07) is 56.5. The number of allylic oxidation sites excluding steroid dienone is 1. The van der Waals surface area contributed by atoms with Crippen LogP contribution in [0, 0.1) is 0 Å². The number of furan rings is 1. The molecule has 2 unspecified atom stereocenters. The van der Waals surface area contributed by atoms with Gasteiger partial charge in [0.15, 0.2) is 0 Å². The van der Waals surface area contributed by atoms with E-state index in [4.69, 9.17) is 9.41 Å². The number of nitrogens with zero attached hydrogens (tertiary/aromatic N) is 2. The van der Waals surface area contributed by atoms with Gasteiger partial charge in [-0.15, -0.1) is 11.3 Å². The van der Waals surface area contributed by atoms with Crippen LogP contribution >= 0.6 is 11.3 Å². The molecule has 1 aliphatic carbocycles. The molecule has 272 valence electrons. The molecule has 3 aromatic heterocycles. The predicted molar refractivity (Wildman–Crippen MR) is 237 cm³/mol. The fraction of sp³-hybridized carbons (Fsp3) is 0.0784. The summed E-state index contributed by atoms with van der Waals surface area (Å²) in [4.78, 5) is 5.32. The van der Waals surface area contributed by atoms with Crippen LogP contribution in [0.2, 0.25) is 0 Å². The normalized spacial score (nSPS) is 16.7. The Hall–Kier alpha value is -6.73. The molecule has 0 bridgehead atoms. The molecule has 57 heavy (non-hydrogen) atoms. The third kappa shape index (κ3) is 5.22. The lowest BCUT2D eigenvalue weighted by molar-refractivity contribution is 0.409. The maximum atomic E-state index is 6.47. The fourth-order valence-electron chi connectivity index (χ4n) is 9.13. The standard InChI is InChI=1S/C51H36N4OS/c1-3-13-31(14-4-1)49-52-50(32-15-5-2-6-16-32)54-51(53-49)39-21-12-24-46-47(39)38-20-11-19-35(48(38)57-46)33-25-27-44-40(29-33)41-30-34(26-28-45(41)56-44)55-42-22-9-7-17-36(42)37-18-8-10-23-43(37)55/h1-7,9-17,19-30,49-50,52H,8,18H2,(H,53,54). The van der Waals surface area contributed by atoms with E-state index in [2.05, 4.69) is 185 Å². The predicted octanol–water partition coefficient (Wildman–Crippen LogP) is 12.9. The van der Waals surface area contributed by atoms with E-state index in [1.807, 2.05) is 11.3 Å². The van der Waals surface area contributed by atoms with Crippen LogP contribution in [-0.4, -0.2) is 10.4 Å². The van der Waals surface area contributed by atoms with Crippen molar-refractivity contribution in [2.24, 2.45) is 4.99 Å². The van der Waals surface area contributed by atoms with Crippen molar-refractivity contribution < 1.29 is 4.42 Å². The number of para-hydroxylation sites is 1. The summed E-state index contributed by atoms with van der Waals surface area (Å²) >= 11 is 1.85. The lowest BCUT2D eigenvalue weighted by atomic mass is 9.98. The molecule has 0 radical (unpaired) electrons. The van der Waals surface area contributed by atoms with E-state index < -0.39 is 0 Å². The van der Waals surface area contributed by atoms with Gasteiger partial charge < -0.3 is 14.3 Å². The Bertz CT molecular complexity index is 3260. The highest BCUT2D eigenvalue weighted by Gasteiger charge is 2.27. The number of aryl methyl sites for hydroxylation is 1. The molecule has 6 heteroatoms. The average Bonchev–Trinajstić information content (AvgIpc) is 3.96. The zero-order valence-corrected chi connectivity index (χ0v) is 31.8. The van der Waals surface area contributed by atoms with Crippen LogP contribution in [-0.2, 0) is 6.42 Å². The largest absolute Gasteiger partial charge is 0.456 e. The van der Waals surface area contributed by atoms with Gasteiger partial charge in [0.25, 0.3) is 0 Å². The van der Waals surface area contributed by atoms with Gasteiger partial charge in [-0.25, -0.2) is 4.99 Å². The third-order valence-corrected chi connectivity index (χ3v) is 13.0. The van der Waals surface area contributed by atoms with Gasteiger partial charge in [-0.2, -0.15) is 0 Å². The highest BCUT2D eigenvalue weighted by atomic mass is 32.1. The number of thiophene rings is 1. The van der Waals surface area contributed by atoms with Crippen LogP contribution in [0.3, 0.4) is 0 Å². The first-order valence-electron chi connectivity index (χ1n) is 19.7. The van der Waals surface area contributed by atoms with Crippen molar-refractivity contribution in [1.82, 2.24) is 15.2 Å². The van der Waals surface area contributed by atoms with Gasteiger partial charge in [0, 0.05) is 53.3 Å². The van der Waals surface area contributed by atoms with E-state index >= 15 is 0 Å². The summed E-state index contributed by atoms with van der Waals surface area (Å²) in [5.74, 6) is 0.890. The number of fused-ring (bicyclic) bond motifs is 9. The second kappa shape index (κ2) is 12.9. The molecule has 1 aliphatic heterocycles. The van der Waals surface area contributed by atoms with Crippen LogP contribution in [0.1, 0.15) is 46.7 Å². The second-order valence-corrected chi connectivity index (χ2v) is 16.1. The van der Waals surface area contributed by atoms with Crippen LogP contribution in [0.4, 0.5) is 0 Å². The number of aromatic nitrogens is 1. The molecule has 0 fully saturated rings. The van der Waals surface area contributed by atoms with E-state index in [1.165, 1.54) is 59.0 Å². The molecule has 2 aliphatic rings. The van der Waals surface area contributed by atoms with Gasteiger partial charge in [0.2, 0.25) is 0 Å². The first-order chi connectivity index (χ1) is 28.2. The highest BCUT2D eigenvalue weighted by Crippen LogP contribution is 2.44. The first-order valence-corrected chi connectivity index (χ1v) is 20.5. The van der Waals surface area contributed by atoms with E-state index in [0.29, 0.717) is 0 Å². The molecule has 7 aromatic carbocycles. The van der Waals surface area contributed by atoms with E-state index in [-0.39, 0.29) is 12.3 Å². The Balaban J connectivity index is 0.992. The Morgan fingerprint density at radius 3 is 2.26 bits per heavy atom.